The lowest BCUT2D eigenvalue weighted by molar-refractivity contribution is -0.150. The largest absolute Gasteiger partial charge is 0.461 e. The maximum atomic E-state index is 13.2. The number of amides is 5. The minimum absolute atomic E-state index is 0.0725. The first-order valence-corrected chi connectivity index (χ1v) is 14.5. The van der Waals surface area contributed by atoms with Gasteiger partial charge in [0.25, 0.3) is 0 Å². The number of carbonyl (C=O) groups is 5. The number of hydrogen-bond donors (Lipinski definition) is 6. The number of nitrogens with one attached hydrogen (secondary N) is 4. The molecule has 5 amide bonds. The van der Waals surface area contributed by atoms with Gasteiger partial charge in [0.2, 0.25) is 17.7 Å². The van der Waals surface area contributed by atoms with Crippen molar-refractivity contribution in [3.63, 3.8) is 0 Å². The normalized spacial score (nSPS) is 13.6. The van der Waals surface area contributed by atoms with Gasteiger partial charge in [-0.05, 0) is 59.3 Å². The Morgan fingerprint density at radius 1 is 1.12 bits per heavy atom. The van der Waals surface area contributed by atoms with Crippen LogP contribution in [0.15, 0.2) is 53.7 Å². The lowest BCUT2D eigenvalue weighted by Crippen LogP contribution is -2.56. The van der Waals surface area contributed by atoms with E-state index in [1.165, 1.54) is 17.4 Å². The zero-order valence-electron chi connectivity index (χ0n) is 23.6. The summed E-state index contributed by atoms with van der Waals surface area (Å²) in [5, 5.41) is 23.3. The minimum atomic E-state index is -1.29. The van der Waals surface area contributed by atoms with Crippen molar-refractivity contribution in [3.05, 3.63) is 64.9 Å². The minimum Gasteiger partial charge on any atom is -0.461 e. The van der Waals surface area contributed by atoms with Crippen LogP contribution in [0.4, 0.5) is 10.5 Å². The van der Waals surface area contributed by atoms with Gasteiger partial charge in [0.15, 0.2) is 0 Å². The second-order valence-corrected chi connectivity index (χ2v) is 10.4. The summed E-state index contributed by atoms with van der Waals surface area (Å²) in [6.07, 6.45) is 3.73. The molecule has 0 bridgehead atoms. The second kappa shape index (κ2) is 17.6. The van der Waals surface area contributed by atoms with Gasteiger partial charge in [-0.3, -0.25) is 19.2 Å². The van der Waals surface area contributed by atoms with E-state index in [-0.39, 0.29) is 26.2 Å². The van der Waals surface area contributed by atoms with Crippen molar-refractivity contribution in [1.29, 1.82) is 0 Å². The van der Waals surface area contributed by atoms with Crippen LogP contribution in [0, 0.1) is 5.41 Å². The van der Waals surface area contributed by atoms with Crippen LogP contribution < -0.4 is 27.0 Å². The Morgan fingerprint density at radius 3 is 2.33 bits per heavy atom. The molecule has 1 aliphatic carbocycles. The predicted octanol–water partition coefficient (Wildman–Crippen LogP) is 2.51. The maximum absolute atomic E-state index is 13.2. The SMILES string of the molecule is C=CCOC(=O)CC(NC(=O)C1(C(=O)NCC(=O)Nc2ccc(CO)cc2)CCC1)c1ccsc1.CCCNC(N)=O. The third-order valence-corrected chi connectivity index (χ3v) is 7.14. The van der Waals surface area contributed by atoms with Gasteiger partial charge in [0, 0.05) is 12.2 Å². The molecule has 2 aromatic rings. The number of primary amides is 1. The topological polar surface area (TPSA) is 189 Å². The second-order valence-electron chi connectivity index (χ2n) is 9.57. The van der Waals surface area contributed by atoms with Crippen molar-refractivity contribution in [3.8, 4) is 0 Å². The number of nitrogens with two attached hydrogens (primary N) is 1. The van der Waals surface area contributed by atoms with E-state index in [0.29, 0.717) is 37.1 Å². The van der Waals surface area contributed by atoms with Crippen LogP contribution in [0.1, 0.15) is 56.2 Å². The highest BCUT2D eigenvalue weighted by Gasteiger charge is 2.51. The van der Waals surface area contributed by atoms with Gasteiger partial charge in [0.05, 0.1) is 25.6 Å². The van der Waals surface area contributed by atoms with Crippen molar-refractivity contribution < 1.29 is 33.8 Å². The fourth-order valence-corrected chi connectivity index (χ4v) is 4.68. The molecule has 0 aliphatic heterocycles. The molecule has 0 saturated heterocycles. The van der Waals surface area contributed by atoms with E-state index in [1.54, 1.807) is 30.3 Å². The summed E-state index contributed by atoms with van der Waals surface area (Å²) in [4.78, 5) is 60.5. The molecule has 1 heterocycles. The van der Waals surface area contributed by atoms with E-state index < -0.39 is 41.2 Å². The molecule has 0 radical (unpaired) electrons. The summed E-state index contributed by atoms with van der Waals surface area (Å²) in [6, 6.07) is 7.38. The van der Waals surface area contributed by atoms with Crippen LogP contribution in [0.25, 0.3) is 0 Å². The summed E-state index contributed by atoms with van der Waals surface area (Å²) >= 11 is 1.43. The van der Waals surface area contributed by atoms with Crippen LogP contribution in [0.3, 0.4) is 0 Å². The summed E-state index contributed by atoms with van der Waals surface area (Å²) < 4.78 is 5.06. The Balaban J connectivity index is 0.000000782. The molecule has 228 valence electrons. The maximum Gasteiger partial charge on any atom is 0.312 e. The van der Waals surface area contributed by atoms with Gasteiger partial charge in [-0.2, -0.15) is 11.3 Å². The lowest BCUT2D eigenvalue weighted by Gasteiger charge is -2.39. The first kappa shape index (κ1) is 34.0. The Labute approximate surface area is 249 Å². The average molecular weight is 602 g/mol. The van der Waals surface area contributed by atoms with E-state index in [2.05, 4.69) is 27.8 Å². The summed E-state index contributed by atoms with van der Waals surface area (Å²) in [6.45, 7) is 5.84. The fourth-order valence-electron chi connectivity index (χ4n) is 3.96. The smallest absolute Gasteiger partial charge is 0.312 e. The van der Waals surface area contributed by atoms with E-state index in [9.17, 15) is 24.0 Å². The molecule has 1 saturated carbocycles. The van der Waals surface area contributed by atoms with Gasteiger partial charge in [0.1, 0.15) is 12.0 Å². The number of benzene rings is 1. The van der Waals surface area contributed by atoms with E-state index in [4.69, 9.17) is 15.6 Å². The molecule has 1 aromatic heterocycles. The third-order valence-electron chi connectivity index (χ3n) is 6.44. The summed E-state index contributed by atoms with van der Waals surface area (Å²) in [5.74, 6) is -1.93. The van der Waals surface area contributed by atoms with Gasteiger partial charge >= 0.3 is 12.0 Å². The Hall–Kier alpha value is -4.23. The quantitative estimate of drug-likeness (QED) is 0.109. The molecule has 1 atom stereocenters. The molecule has 1 unspecified atom stereocenters. The van der Waals surface area contributed by atoms with Crippen molar-refractivity contribution in [1.82, 2.24) is 16.0 Å². The number of esters is 1. The Morgan fingerprint density at radius 2 is 1.83 bits per heavy atom. The van der Waals surface area contributed by atoms with E-state index >= 15 is 0 Å². The third kappa shape index (κ3) is 10.6. The monoisotopic (exact) mass is 601 g/mol. The van der Waals surface area contributed by atoms with Gasteiger partial charge in [-0.1, -0.05) is 38.1 Å². The molecule has 12 nitrogen and oxygen atoms in total. The molecular formula is C29H39N5O7S. The Kier molecular flexibility index (Phi) is 14.2. The Bertz CT molecular complexity index is 1200. The molecule has 13 heteroatoms. The van der Waals surface area contributed by atoms with Crippen LogP contribution in [0.5, 0.6) is 0 Å². The highest BCUT2D eigenvalue weighted by Crippen LogP contribution is 2.42. The fraction of sp³-hybridized carbons (Fsp3) is 0.414. The molecule has 3 rings (SSSR count). The zero-order valence-corrected chi connectivity index (χ0v) is 24.5. The predicted molar refractivity (Wildman–Crippen MR) is 159 cm³/mol. The zero-order chi connectivity index (χ0) is 31.0. The number of ether oxygens (including phenoxy) is 1. The van der Waals surface area contributed by atoms with Crippen molar-refractivity contribution in [2.24, 2.45) is 11.1 Å². The number of anilines is 1. The van der Waals surface area contributed by atoms with Crippen molar-refractivity contribution in [2.45, 2.75) is 51.7 Å². The number of carbonyl (C=O) groups excluding carboxylic acids is 5. The summed E-state index contributed by atoms with van der Waals surface area (Å²) in [7, 11) is 0. The molecule has 7 N–H and O–H groups in total. The average Bonchev–Trinajstić information content (AvgIpc) is 3.49. The molecular weight excluding hydrogens is 562 g/mol. The van der Waals surface area contributed by atoms with Crippen molar-refractivity contribution in [2.75, 3.05) is 25.0 Å². The van der Waals surface area contributed by atoms with E-state index in [1.807, 2.05) is 17.7 Å². The molecule has 1 aromatic carbocycles. The highest BCUT2D eigenvalue weighted by atomic mass is 32.1. The van der Waals surface area contributed by atoms with Crippen LogP contribution in [-0.4, -0.2) is 54.5 Å². The van der Waals surface area contributed by atoms with E-state index in [0.717, 1.165) is 12.0 Å². The first-order chi connectivity index (χ1) is 20.1. The molecule has 42 heavy (non-hydrogen) atoms. The number of thiophene rings is 1. The van der Waals surface area contributed by atoms with Crippen molar-refractivity contribution >= 4 is 46.7 Å². The van der Waals surface area contributed by atoms with Crippen LogP contribution in [0.2, 0.25) is 0 Å². The molecule has 0 spiro atoms. The van der Waals surface area contributed by atoms with Gasteiger partial charge in [-0.25, -0.2) is 4.79 Å². The highest BCUT2D eigenvalue weighted by molar-refractivity contribution is 7.08. The number of aliphatic hydroxyl groups is 1. The molecule has 1 aliphatic rings. The van der Waals surface area contributed by atoms with Crippen LogP contribution in [-0.2, 0) is 30.5 Å². The standard InChI is InChI=1S/C25H29N3O6S.C4H10N2O/c1-2-11-34-22(31)13-20(18-8-12-35-16-18)28-24(33)25(9-3-10-25)23(32)26-14-21(30)27-19-6-4-17(15-29)5-7-19;1-2-3-6-4(5)7/h2,4-8,12,16,20,29H,1,3,9-11,13-15H2,(H,26,32)(H,27,30)(H,28,33);2-3H2,1H3,(H3,5,6,7). The van der Waals surface area contributed by atoms with Gasteiger partial charge < -0.3 is 36.8 Å². The number of rotatable bonds is 14. The lowest BCUT2D eigenvalue weighted by atomic mass is 9.67. The molecule has 1 fully saturated rings. The number of aliphatic hydroxyl groups excluding tert-OH is 1. The number of hydrogen-bond acceptors (Lipinski definition) is 8. The van der Waals surface area contributed by atoms with Crippen LogP contribution >= 0.6 is 11.3 Å². The summed E-state index contributed by atoms with van der Waals surface area (Å²) in [5.41, 5.74) is 5.43. The van der Waals surface area contributed by atoms with Gasteiger partial charge in [-0.15, -0.1) is 0 Å². The number of urea groups is 1. The first-order valence-electron chi connectivity index (χ1n) is 13.6.